The normalized spacial score (nSPS) is 14.4. The third-order valence-corrected chi connectivity index (χ3v) is 7.51. The molecule has 3 aromatic carbocycles. The topological polar surface area (TPSA) is 69.7 Å². The number of hydrogen-bond donors (Lipinski definition) is 1. The molecule has 1 heterocycles. The highest BCUT2D eigenvalue weighted by Crippen LogP contribution is 2.25. The van der Waals surface area contributed by atoms with Gasteiger partial charge in [-0.1, -0.05) is 73.2 Å². The van der Waals surface area contributed by atoms with E-state index in [1.165, 1.54) is 35.4 Å². The second-order valence-electron chi connectivity index (χ2n) is 9.06. The predicted octanol–water partition coefficient (Wildman–Crippen LogP) is 4.57. The Labute approximate surface area is 208 Å². The van der Waals surface area contributed by atoms with Crippen LogP contribution in [0.1, 0.15) is 46.3 Å². The van der Waals surface area contributed by atoms with E-state index in [1.807, 2.05) is 48.5 Å². The summed E-state index contributed by atoms with van der Waals surface area (Å²) >= 11 is 0. The lowest BCUT2D eigenvalue weighted by Crippen LogP contribution is -2.33. The van der Waals surface area contributed by atoms with Crippen LogP contribution in [0.15, 0.2) is 78.9 Å². The van der Waals surface area contributed by atoms with Gasteiger partial charge in [-0.05, 0) is 54.8 Å². The van der Waals surface area contributed by atoms with Crippen molar-refractivity contribution in [3.8, 4) is 0 Å². The summed E-state index contributed by atoms with van der Waals surface area (Å²) in [6.45, 7) is 3.63. The summed E-state index contributed by atoms with van der Waals surface area (Å²) in [4.78, 5) is 15.7. The van der Waals surface area contributed by atoms with E-state index in [4.69, 9.17) is 0 Å². The number of benzene rings is 3. The first-order valence-electron chi connectivity index (χ1n) is 12.1. The molecule has 6 nitrogen and oxygen atoms in total. The maximum absolute atomic E-state index is 13.3. The summed E-state index contributed by atoms with van der Waals surface area (Å²) in [5.41, 5.74) is 3.85. The zero-order chi connectivity index (χ0) is 24.7. The molecule has 3 aromatic rings. The number of para-hydroxylation sites is 1. The smallest absolute Gasteiger partial charge is 0.253 e. The first-order valence-corrected chi connectivity index (χ1v) is 13.9. The summed E-state index contributed by atoms with van der Waals surface area (Å²) in [7, 11) is -3.61. The van der Waals surface area contributed by atoms with Crippen LogP contribution >= 0.6 is 0 Å². The molecule has 1 fully saturated rings. The molecule has 0 unspecified atom stereocenters. The van der Waals surface area contributed by atoms with E-state index in [-0.39, 0.29) is 12.5 Å². The molecule has 184 valence electrons. The number of carbonyl (C=O) groups excluding carboxylic acids is 1. The molecule has 1 amide bonds. The number of hydrogen-bond acceptors (Lipinski definition) is 4. The number of nitrogens with one attached hydrogen (secondary N) is 1. The monoisotopic (exact) mass is 491 g/mol. The van der Waals surface area contributed by atoms with Gasteiger partial charge < -0.3 is 5.32 Å². The van der Waals surface area contributed by atoms with E-state index in [0.29, 0.717) is 17.8 Å². The predicted molar refractivity (Wildman–Crippen MR) is 141 cm³/mol. The van der Waals surface area contributed by atoms with Gasteiger partial charge in [0.25, 0.3) is 5.91 Å². The van der Waals surface area contributed by atoms with Crippen molar-refractivity contribution in [3.63, 3.8) is 0 Å². The maximum Gasteiger partial charge on any atom is 0.253 e. The van der Waals surface area contributed by atoms with Gasteiger partial charge in [0.2, 0.25) is 10.0 Å². The molecular weight excluding hydrogens is 458 g/mol. The Hall–Kier alpha value is -3.16. The van der Waals surface area contributed by atoms with E-state index in [9.17, 15) is 13.2 Å². The van der Waals surface area contributed by atoms with Gasteiger partial charge in [0.1, 0.15) is 0 Å². The first-order chi connectivity index (χ1) is 16.9. The Bertz CT molecular complexity index is 1240. The molecule has 0 aliphatic carbocycles. The summed E-state index contributed by atoms with van der Waals surface area (Å²) in [5.74, 6) is -0.296. The lowest BCUT2D eigenvalue weighted by atomic mass is 10.0. The highest BCUT2D eigenvalue weighted by atomic mass is 32.2. The van der Waals surface area contributed by atoms with Crippen LogP contribution in [0.25, 0.3) is 0 Å². The van der Waals surface area contributed by atoms with Crippen molar-refractivity contribution in [2.24, 2.45) is 0 Å². The van der Waals surface area contributed by atoms with E-state index in [1.54, 1.807) is 24.3 Å². The Morgan fingerprint density at radius 3 is 2.20 bits per heavy atom. The minimum Gasteiger partial charge on any atom is -0.348 e. The van der Waals surface area contributed by atoms with Crippen LogP contribution < -0.4 is 9.62 Å². The summed E-state index contributed by atoms with van der Waals surface area (Å²) < 4.78 is 26.7. The zero-order valence-electron chi connectivity index (χ0n) is 20.2. The van der Waals surface area contributed by atoms with Gasteiger partial charge in [-0.3, -0.25) is 14.0 Å². The van der Waals surface area contributed by atoms with Crippen molar-refractivity contribution in [1.29, 1.82) is 0 Å². The van der Waals surface area contributed by atoms with Crippen LogP contribution in [0.2, 0.25) is 0 Å². The number of amides is 1. The molecule has 0 radical (unpaired) electrons. The molecule has 7 heteroatoms. The van der Waals surface area contributed by atoms with Gasteiger partial charge in [-0.15, -0.1) is 0 Å². The van der Waals surface area contributed by atoms with E-state index in [2.05, 4.69) is 16.3 Å². The quantitative estimate of drug-likeness (QED) is 0.476. The fraction of sp³-hybridized carbons (Fsp3) is 0.321. The molecule has 1 aliphatic rings. The summed E-state index contributed by atoms with van der Waals surface area (Å²) in [5, 5.41) is 3.02. The number of carbonyl (C=O) groups is 1. The van der Waals surface area contributed by atoms with Crippen LogP contribution in [0.5, 0.6) is 0 Å². The van der Waals surface area contributed by atoms with Crippen molar-refractivity contribution in [2.45, 2.75) is 38.9 Å². The van der Waals surface area contributed by atoms with Crippen molar-refractivity contribution in [3.05, 3.63) is 101 Å². The largest absolute Gasteiger partial charge is 0.348 e. The Balaban J connectivity index is 1.52. The first kappa shape index (κ1) is 24.9. The van der Waals surface area contributed by atoms with Crippen molar-refractivity contribution in [2.75, 3.05) is 23.7 Å². The molecular formula is C28H33N3O3S. The van der Waals surface area contributed by atoms with E-state index < -0.39 is 10.0 Å². The lowest BCUT2D eigenvalue weighted by molar-refractivity contribution is 0.0951. The zero-order valence-corrected chi connectivity index (χ0v) is 21.0. The van der Waals surface area contributed by atoms with Gasteiger partial charge >= 0.3 is 0 Å². The molecule has 0 saturated carbocycles. The maximum atomic E-state index is 13.3. The summed E-state index contributed by atoms with van der Waals surface area (Å²) in [6.07, 6.45) is 4.93. The second-order valence-corrected chi connectivity index (χ2v) is 11.0. The van der Waals surface area contributed by atoms with Gasteiger partial charge in [-0.25, -0.2) is 8.42 Å². The average Bonchev–Trinajstić information content (AvgIpc) is 2.87. The van der Waals surface area contributed by atoms with E-state index in [0.717, 1.165) is 30.8 Å². The minimum atomic E-state index is -3.61. The minimum absolute atomic E-state index is 0.155. The highest BCUT2D eigenvalue weighted by Gasteiger charge is 2.23. The molecule has 0 atom stereocenters. The van der Waals surface area contributed by atoms with Crippen molar-refractivity contribution in [1.82, 2.24) is 10.2 Å². The molecule has 35 heavy (non-hydrogen) atoms. The SMILES string of the molecule is CS(=O)(=O)N(Cc1ccccc1)c1ccccc1C(=O)NCc1ccccc1CN1CCCCC1. The second kappa shape index (κ2) is 11.5. The van der Waals surface area contributed by atoms with Gasteiger partial charge in [0.15, 0.2) is 0 Å². The fourth-order valence-corrected chi connectivity index (χ4v) is 5.43. The number of likely N-dealkylation sites (tertiary alicyclic amines) is 1. The van der Waals surface area contributed by atoms with Crippen LogP contribution in [-0.2, 0) is 29.7 Å². The van der Waals surface area contributed by atoms with Crippen molar-refractivity contribution >= 4 is 21.6 Å². The number of nitrogens with zero attached hydrogens (tertiary/aromatic N) is 2. The number of sulfonamides is 1. The fourth-order valence-electron chi connectivity index (χ4n) is 4.53. The molecule has 0 spiro atoms. The van der Waals surface area contributed by atoms with Crippen LogP contribution in [0.4, 0.5) is 5.69 Å². The third-order valence-electron chi connectivity index (χ3n) is 6.39. The number of piperidine rings is 1. The van der Waals surface area contributed by atoms with Gasteiger partial charge in [-0.2, -0.15) is 0 Å². The highest BCUT2D eigenvalue weighted by molar-refractivity contribution is 7.92. The van der Waals surface area contributed by atoms with Crippen LogP contribution in [-0.4, -0.2) is 38.6 Å². The molecule has 1 N–H and O–H groups in total. The van der Waals surface area contributed by atoms with Crippen LogP contribution in [0.3, 0.4) is 0 Å². The molecule has 1 saturated heterocycles. The molecule has 0 bridgehead atoms. The summed E-state index contributed by atoms with van der Waals surface area (Å²) in [6, 6.07) is 24.4. The van der Waals surface area contributed by atoms with Crippen molar-refractivity contribution < 1.29 is 13.2 Å². The Kier molecular flexibility index (Phi) is 8.21. The Morgan fingerprint density at radius 2 is 1.49 bits per heavy atom. The third kappa shape index (κ3) is 6.71. The molecule has 0 aromatic heterocycles. The molecule has 4 rings (SSSR count). The number of rotatable bonds is 9. The number of anilines is 1. The lowest BCUT2D eigenvalue weighted by Gasteiger charge is -2.27. The standard InChI is InChI=1S/C28H33N3O3S/c1-35(33,34)31(21-23-12-4-2-5-13-23)27-17-9-8-16-26(27)28(32)29-20-24-14-6-7-15-25(24)22-30-18-10-3-11-19-30/h2,4-9,12-17H,3,10-11,18-22H2,1H3,(H,29,32). The van der Waals surface area contributed by atoms with E-state index >= 15 is 0 Å². The Morgan fingerprint density at radius 1 is 0.857 bits per heavy atom. The van der Waals surface area contributed by atoms with Gasteiger partial charge in [0, 0.05) is 13.1 Å². The molecule has 1 aliphatic heterocycles. The van der Waals surface area contributed by atoms with Crippen LogP contribution in [0, 0.1) is 0 Å². The average molecular weight is 492 g/mol. The van der Waals surface area contributed by atoms with Gasteiger partial charge in [0.05, 0.1) is 24.1 Å².